The standard InChI is InChI=1S/C22H33N3O4/c1-12(2)25-17(19(27)24-21(3,4)5)22-11-10-14(29-22)15(16(22)20(25)28)18(26)23-13-8-6-7-9-13/h10-17H,6-9H2,1-5H3,(H,23,26)(H,24,27). The van der Waals surface area contributed by atoms with Crippen LogP contribution in [0.5, 0.6) is 0 Å². The maximum Gasteiger partial charge on any atom is 0.246 e. The smallest absolute Gasteiger partial charge is 0.246 e. The first-order valence-electron chi connectivity index (χ1n) is 10.9. The van der Waals surface area contributed by atoms with E-state index < -0.39 is 35.1 Å². The molecule has 7 heteroatoms. The molecule has 0 aromatic heterocycles. The van der Waals surface area contributed by atoms with Gasteiger partial charge in [-0.1, -0.05) is 25.0 Å². The van der Waals surface area contributed by atoms with E-state index in [-0.39, 0.29) is 29.8 Å². The number of amides is 3. The zero-order valence-corrected chi connectivity index (χ0v) is 18.0. The van der Waals surface area contributed by atoms with Gasteiger partial charge in [0.25, 0.3) is 0 Å². The van der Waals surface area contributed by atoms with Gasteiger partial charge in [-0.2, -0.15) is 0 Å². The van der Waals surface area contributed by atoms with E-state index in [1.807, 2.05) is 46.8 Å². The Morgan fingerprint density at radius 3 is 2.45 bits per heavy atom. The molecule has 2 N–H and O–H groups in total. The van der Waals surface area contributed by atoms with E-state index in [0.717, 1.165) is 25.7 Å². The van der Waals surface area contributed by atoms with Gasteiger partial charge in [0, 0.05) is 17.6 Å². The fourth-order valence-electron chi connectivity index (χ4n) is 5.57. The summed E-state index contributed by atoms with van der Waals surface area (Å²) < 4.78 is 6.29. The van der Waals surface area contributed by atoms with Crippen molar-refractivity contribution in [3.63, 3.8) is 0 Å². The minimum absolute atomic E-state index is 0.118. The zero-order chi connectivity index (χ0) is 21.1. The Balaban J connectivity index is 1.66. The summed E-state index contributed by atoms with van der Waals surface area (Å²) in [4.78, 5) is 41.6. The van der Waals surface area contributed by atoms with Gasteiger partial charge in [0.15, 0.2) is 0 Å². The van der Waals surface area contributed by atoms with E-state index in [4.69, 9.17) is 4.74 Å². The van der Waals surface area contributed by atoms with Crippen molar-refractivity contribution in [1.82, 2.24) is 15.5 Å². The summed E-state index contributed by atoms with van der Waals surface area (Å²) in [5.74, 6) is -1.75. The molecule has 0 aromatic carbocycles. The zero-order valence-electron chi connectivity index (χ0n) is 18.0. The molecule has 5 atom stereocenters. The Bertz CT molecular complexity index is 750. The largest absolute Gasteiger partial charge is 0.359 e. The van der Waals surface area contributed by atoms with Gasteiger partial charge in [-0.15, -0.1) is 0 Å². The molecule has 0 aromatic rings. The molecule has 7 nitrogen and oxygen atoms in total. The van der Waals surface area contributed by atoms with Crippen LogP contribution < -0.4 is 10.6 Å². The van der Waals surface area contributed by atoms with Gasteiger partial charge in [-0.25, -0.2) is 0 Å². The number of nitrogens with one attached hydrogen (secondary N) is 2. The van der Waals surface area contributed by atoms with Crippen LogP contribution in [0.1, 0.15) is 60.3 Å². The van der Waals surface area contributed by atoms with Gasteiger partial charge < -0.3 is 20.3 Å². The molecule has 3 amide bonds. The first-order valence-corrected chi connectivity index (χ1v) is 10.9. The fourth-order valence-corrected chi connectivity index (χ4v) is 5.57. The Morgan fingerprint density at radius 1 is 1.21 bits per heavy atom. The highest BCUT2D eigenvalue weighted by Gasteiger charge is 2.73. The highest BCUT2D eigenvalue weighted by atomic mass is 16.5. The van der Waals surface area contributed by atoms with Crippen molar-refractivity contribution in [3.8, 4) is 0 Å². The summed E-state index contributed by atoms with van der Waals surface area (Å²) in [7, 11) is 0. The minimum Gasteiger partial charge on any atom is -0.359 e. The number of ether oxygens (including phenoxy) is 1. The molecule has 1 aliphatic carbocycles. The third kappa shape index (κ3) is 3.18. The SMILES string of the molecule is CC(C)N1C(=O)C2C(C(=O)NC3CCCC3)C3C=CC2(O3)C1C(=O)NC(C)(C)C. The second kappa shape index (κ2) is 6.83. The van der Waals surface area contributed by atoms with Crippen LogP contribution >= 0.6 is 0 Å². The quantitative estimate of drug-likeness (QED) is 0.697. The maximum absolute atomic E-state index is 13.5. The monoisotopic (exact) mass is 403 g/mol. The molecule has 4 aliphatic rings. The lowest BCUT2D eigenvalue weighted by Gasteiger charge is -2.36. The summed E-state index contributed by atoms with van der Waals surface area (Å²) in [6.45, 7) is 9.54. The molecule has 1 saturated carbocycles. The van der Waals surface area contributed by atoms with E-state index in [1.54, 1.807) is 4.90 Å². The van der Waals surface area contributed by atoms with Crippen molar-refractivity contribution < 1.29 is 19.1 Å². The van der Waals surface area contributed by atoms with Crippen LogP contribution in [-0.2, 0) is 19.1 Å². The molecule has 160 valence electrons. The second-order valence-corrected chi connectivity index (χ2v) is 10.3. The van der Waals surface area contributed by atoms with Gasteiger partial charge in [0.1, 0.15) is 11.6 Å². The van der Waals surface area contributed by atoms with Crippen LogP contribution in [0, 0.1) is 11.8 Å². The van der Waals surface area contributed by atoms with E-state index >= 15 is 0 Å². The van der Waals surface area contributed by atoms with Crippen molar-refractivity contribution in [2.24, 2.45) is 11.8 Å². The van der Waals surface area contributed by atoms with E-state index in [0.29, 0.717) is 0 Å². The third-order valence-electron chi connectivity index (χ3n) is 6.62. The number of likely N-dealkylation sites (tertiary alicyclic amines) is 1. The minimum atomic E-state index is -1.07. The first-order chi connectivity index (χ1) is 13.5. The average molecular weight is 404 g/mol. The van der Waals surface area contributed by atoms with E-state index in [2.05, 4.69) is 10.6 Å². The molecule has 2 bridgehead atoms. The molecular formula is C22H33N3O4. The Morgan fingerprint density at radius 2 is 1.86 bits per heavy atom. The van der Waals surface area contributed by atoms with Gasteiger partial charge in [-0.05, 0) is 47.5 Å². The van der Waals surface area contributed by atoms with E-state index in [9.17, 15) is 14.4 Å². The molecule has 5 unspecified atom stereocenters. The summed E-state index contributed by atoms with van der Waals surface area (Å²) in [5.41, 5.74) is -1.50. The molecule has 0 radical (unpaired) electrons. The number of carbonyl (C=O) groups is 3. The summed E-state index contributed by atoms with van der Waals surface area (Å²) >= 11 is 0. The number of fused-ring (bicyclic) bond motifs is 1. The average Bonchev–Trinajstić information content (AvgIpc) is 3.34. The lowest BCUT2D eigenvalue weighted by Crippen LogP contribution is -2.59. The van der Waals surface area contributed by atoms with Gasteiger partial charge in [-0.3, -0.25) is 14.4 Å². The molecule has 3 fully saturated rings. The highest BCUT2D eigenvalue weighted by Crippen LogP contribution is 2.55. The van der Waals surface area contributed by atoms with Gasteiger partial charge >= 0.3 is 0 Å². The second-order valence-electron chi connectivity index (χ2n) is 10.3. The van der Waals surface area contributed by atoms with Crippen LogP contribution in [0.3, 0.4) is 0 Å². The number of hydrogen-bond donors (Lipinski definition) is 2. The number of nitrogens with zero attached hydrogens (tertiary/aromatic N) is 1. The molecule has 4 rings (SSSR count). The Hall–Kier alpha value is -1.89. The number of carbonyl (C=O) groups excluding carboxylic acids is 3. The predicted molar refractivity (Wildman–Crippen MR) is 108 cm³/mol. The van der Waals surface area contributed by atoms with Crippen molar-refractivity contribution in [2.45, 2.75) is 95.7 Å². The topological polar surface area (TPSA) is 87.7 Å². The number of hydrogen-bond acceptors (Lipinski definition) is 4. The maximum atomic E-state index is 13.5. The summed E-state index contributed by atoms with van der Waals surface area (Å²) in [6, 6.07) is -0.767. The van der Waals surface area contributed by atoms with Crippen LogP contribution in [0.4, 0.5) is 0 Å². The molecule has 3 aliphatic heterocycles. The summed E-state index contributed by atoms with van der Waals surface area (Å²) in [5, 5.41) is 6.15. The molecular weight excluding hydrogens is 370 g/mol. The van der Waals surface area contributed by atoms with Crippen molar-refractivity contribution in [3.05, 3.63) is 12.2 Å². The van der Waals surface area contributed by atoms with Crippen LogP contribution in [0.2, 0.25) is 0 Å². The molecule has 2 saturated heterocycles. The fraction of sp³-hybridized carbons (Fsp3) is 0.773. The van der Waals surface area contributed by atoms with Crippen molar-refractivity contribution in [2.75, 3.05) is 0 Å². The lowest BCUT2D eigenvalue weighted by molar-refractivity contribution is -0.144. The van der Waals surface area contributed by atoms with Crippen LogP contribution in [0.25, 0.3) is 0 Å². The predicted octanol–water partition coefficient (Wildman–Crippen LogP) is 1.52. The third-order valence-corrected chi connectivity index (χ3v) is 6.62. The molecule has 3 heterocycles. The molecule has 1 spiro atoms. The lowest BCUT2D eigenvalue weighted by atomic mass is 9.74. The van der Waals surface area contributed by atoms with Crippen LogP contribution in [-0.4, -0.2) is 58.0 Å². The van der Waals surface area contributed by atoms with Crippen molar-refractivity contribution in [1.29, 1.82) is 0 Å². The van der Waals surface area contributed by atoms with Crippen molar-refractivity contribution >= 4 is 17.7 Å². The Labute approximate surface area is 172 Å². The summed E-state index contributed by atoms with van der Waals surface area (Å²) in [6.07, 6.45) is 7.48. The number of rotatable bonds is 4. The molecule has 29 heavy (non-hydrogen) atoms. The Kier molecular flexibility index (Phi) is 4.80. The van der Waals surface area contributed by atoms with E-state index in [1.165, 1.54) is 0 Å². The van der Waals surface area contributed by atoms with Gasteiger partial charge in [0.05, 0.1) is 17.9 Å². The first kappa shape index (κ1) is 20.4. The van der Waals surface area contributed by atoms with Crippen LogP contribution in [0.15, 0.2) is 12.2 Å². The normalized spacial score (nSPS) is 36.2. The highest BCUT2D eigenvalue weighted by molar-refractivity contribution is 6.00. The van der Waals surface area contributed by atoms with Gasteiger partial charge in [0.2, 0.25) is 17.7 Å².